The maximum Gasteiger partial charge on any atom is 0.274 e. The smallest absolute Gasteiger partial charge is 0.274 e. The minimum atomic E-state index is -0.488. The molecule has 0 aliphatic rings. The molecule has 0 bridgehead atoms. The van der Waals surface area contributed by atoms with Gasteiger partial charge in [0, 0.05) is 21.7 Å². The fourth-order valence-corrected chi connectivity index (χ4v) is 2.35. The maximum atomic E-state index is 10.8. The molecule has 104 valence electrons. The van der Waals surface area contributed by atoms with Crippen LogP contribution in [-0.4, -0.2) is 4.92 Å². The minimum absolute atomic E-state index is 0.0177. The second-order valence-electron chi connectivity index (χ2n) is 3.89. The van der Waals surface area contributed by atoms with Crippen molar-refractivity contribution in [2.45, 2.75) is 5.88 Å². The number of halogens is 3. The van der Waals surface area contributed by atoms with E-state index in [4.69, 9.17) is 39.5 Å². The van der Waals surface area contributed by atoms with Gasteiger partial charge in [-0.05, 0) is 30.3 Å². The van der Waals surface area contributed by atoms with Gasteiger partial charge in [-0.1, -0.05) is 23.2 Å². The number of hydrogen-bond donors (Lipinski definition) is 0. The third-order valence-corrected chi connectivity index (χ3v) is 3.19. The highest BCUT2D eigenvalue weighted by molar-refractivity contribution is 6.34. The van der Waals surface area contributed by atoms with Gasteiger partial charge in [-0.2, -0.15) is 0 Å². The molecule has 7 heteroatoms. The van der Waals surface area contributed by atoms with Crippen molar-refractivity contribution in [2.24, 2.45) is 0 Å². The summed E-state index contributed by atoms with van der Waals surface area (Å²) in [5.41, 5.74) is 0.332. The number of alkyl halides is 1. The summed E-state index contributed by atoms with van der Waals surface area (Å²) in [4.78, 5) is 10.3. The number of nitro benzene ring substituents is 1. The maximum absolute atomic E-state index is 10.8. The van der Waals surface area contributed by atoms with Crippen LogP contribution < -0.4 is 4.74 Å². The summed E-state index contributed by atoms with van der Waals surface area (Å²) in [6.07, 6.45) is 0. The first kappa shape index (κ1) is 14.9. The zero-order chi connectivity index (χ0) is 14.7. The summed E-state index contributed by atoms with van der Waals surface area (Å²) in [5, 5.41) is 11.7. The van der Waals surface area contributed by atoms with Gasteiger partial charge in [0.05, 0.1) is 10.8 Å². The summed E-state index contributed by atoms with van der Waals surface area (Å²) < 4.78 is 5.57. The number of ether oxygens (including phenoxy) is 1. The van der Waals surface area contributed by atoms with Crippen LogP contribution in [0.25, 0.3) is 0 Å². The molecule has 0 atom stereocenters. The molecule has 0 spiro atoms. The van der Waals surface area contributed by atoms with Gasteiger partial charge in [-0.15, -0.1) is 11.6 Å². The fraction of sp³-hybridized carbons (Fsp3) is 0.0769. The van der Waals surface area contributed by atoms with E-state index in [0.717, 1.165) is 0 Å². The van der Waals surface area contributed by atoms with Gasteiger partial charge in [0.2, 0.25) is 0 Å². The summed E-state index contributed by atoms with van der Waals surface area (Å²) >= 11 is 17.4. The Kier molecular flexibility index (Phi) is 4.70. The van der Waals surface area contributed by atoms with Gasteiger partial charge in [-0.3, -0.25) is 10.1 Å². The monoisotopic (exact) mass is 331 g/mol. The van der Waals surface area contributed by atoms with E-state index in [0.29, 0.717) is 27.1 Å². The number of hydrogen-bond acceptors (Lipinski definition) is 3. The van der Waals surface area contributed by atoms with Crippen molar-refractivity contribution < 1.29 is 9.66 Å². The Morgan fingerprint density at radius 2 is 1.70 bits per heavy atom. The molecule has 0 saturated heterocycles. The van der Waals surface area contributed by atoms with E-state index in [1.165, 1.54) is 18.2 Å². The minimum Gasteiger partial charge on any atom is -0.457 e. The van der Waals surface area contributed by atoms with E-state index in [1.807, 2.05) is 0 Å². The van der Waals surface area contributed by atoms with Crippen molar-refractivity contribution >= 4 is 40.5 Å². The van der Waals surface area contributed by atoms with Gasteiger partial charge < -0.3 is 4.74 Å². The van der Waals surface area contributed by atoms with E-state index in [9.17, 15) is 10.1 Å². The lowest BCUT2D eigenvalue weighted by atomic mass is 10.2. The Morgan fingerprint density at radius 3 is 2.25 bits per heavy atom. The molecule has 0 radical (unpaired) electrons. The SMILES string of the molecule is O=[N+]([O-])c1ccc(Oc2cc(Cl)cc(Cl)c2)cc1CCl. The van der Waals surface area contributed by atoms with Crippen molar-refractivity contribution in [1.82, 2.24) is 0 Å². The molecule has 4 nitrogen and oxygen atoms in total. The number of nitrogens with zero attached hydrogens (tertiary/aromatic N) is 1. The standard InChI is InChI=1S/C13H8Cl3NO3/c14-7-8-3-11(1-2-13(8)17(18)19)20-12-5-9(15)4-10(16)6-12/h1-6H,7H2. The first-order valence-corrected chi connectivity index (χ1v) is 6.76. The quantitative estimate of drug-likeness (QED) is 0.426. The summed E-state index contributed by atoms with van der Waals surface area (Å²) in [7, 11) is 0. The molecule has 20 heavy (non-hydrogen) atoms. The molecule has 0 aromatic heterocycles. The van der Waals surface area contributed by atoms with Gasteiger partial charge in [0.1, 0.15) is 11.5 Å². The van der Waals surface area contributed by atoms with Crippen LogP contribution >= 0.6 is 34.8 Å². The van der Waals surface area contributed by atoms with E-state index >= 15 is 0 Å². The fourth-order valence-electron chi connectivity index (χ4n) is 1.63. The lowest BCUT2D eigenvalue weighted by Gasteiger charge is -2.08. The molecule has 0 heterocycles. The average molecular weight is 333 g/mol. The number of nitro groups is 1. The lowest BCUT2D eigenvalue weighted by molar-refractivity contribution is -0.385. The molecule has 2 aromatic carbocycles. The van der Waals surface area contributed by atoms with Crippen LogP contribution in [0.1, 0.15) is 5.56 Å². The molecule has 0 aliphatic carbocycles. The molecule has 0 amide bonds. The first-order chi connectivity index (χ1) is 9.49. The van der Waals surface area contributed by atoms with Crippen LogP contribution in [0, 0.1) is 10.1 Å². The van der Waals surface area contributed by atoms with Crippen LogP contribution in [0.2, 0.25) is 10.0 Å². The van der Waals surface area contributed by atoms with Crippen molar-refractivity contribution in [2.75, 3.05) is 0 Å². The molecule has 0 fully saturated rings. The van der Waals surface area contributed by atoms with Crippen molar-refractivity contribution in [3.05, 3.63) is 62.1 Å². The van der Waals surface area contributed by atoms with Gasteiger partial charge in [0.25, 0.3) is 5.69 Å². The predicted octanol–water partition coefficient (Wildman–Crippen LogP) is 5.43. The largest absolute Gasteiger partial charge is 0.457 e. The highest BCUT2D eigenvalue weighted by atomic mass is 35.5. The second kappa shape index (κ2) is 6.31. The number of rotatable bonds is 4. The van der Waals surface area contributed by atoms with E-state index in [-0.39, 0.29) is 11.6 Å². The zero-order valence-corrected chi connectivity index (χ0v) is 12.2. The third kappa shape index (κ3) is 3.54. The molecule has 2 rings (SSSR count). The van der Waals surface area contributed by atoms with Crippen LogP contribution in [0.4, 0.5) is 5.69 Å². The van der Waals surface area contributed by atoms with E-state index in [2.05, 4.69) is 0 Å². The van der Waals surface area contributed by atoms with Crippen molar-refractivity contribution in [3.63, 3.8) is 0 Å². The average Bonchev–Trinajstić information content (AvgIpc) is 2.37. The number of benzene rings is 2. The second-order valence-corrected chi connectivity index (χ2v) is 5.03. The van der Waals surface area contributed by atoms with Crippen LogP contribution in [-0.2, 0) is 5.88 Å². The van der Waals surface area contributed by atoms with E-state index < -0.39 is 4.92 Å². The topological polar surface area (TPSA) is 52.4 Å². The molecule has 0 unspecified atom stereocenters. The summed E-state index contributed by atoms with van der Waals surface area (Å²) in [5.74, 6) is 0.880. The van der Waals surface area contributed by atoms with Gasteiger partial charge >= 0.3 is 0 Å². The highest BCUT2D eigenvalue weighted by Crippen LogP contribution is 2.31. The Balaban J connectivity index is 2.32. The molecule has 2 aromatic rings. The van der Waals surface area contributed by atoms with Crippen molar-refractivity contribution in [1.29, 1.82) is 0 Å². The predicted molar refractivity (Wildman–Crippen MR) is 79.2 cm³/mol. The third-order valence-electron chi connectivity index (χ3n) is 2.46. The lowest BCUT2D eigenvalue weighted by Crippen LogP contribution is -1.94. The van der Waals surface area contributed by atoms with E-state index in [1.54, 1.807) is 18.2 Å². The Hall–Kier alpha value is -1.49. The normalized spacial score (nSPS) is 10.3. The van der Waals surface area contributed by atoms with Crippen LogP contribution in [0.3, 0.4) is 0 Å². The molecule has 0 saturated carbocycles. The van der Waals surface area contributed by atoms with Crippen LogP contribution in [0.5, 0.6) is 11.5 Å². The molecular weight excluding hydrogens is 325 g/mol. The van der Waals surface area contributed by atoms with Gasteiger partial charge in [0.15, 0.2) is 0 Å². The van der Waals surface area contributed by atoms with Crippen molar-refractivity contribution in [3.8, 4) is 11.5 Å². The molecular formula is C13H8Cl3NO3. The summed E-state index contributed by atoms with van der Waals surface area (Å²) in [6, 6.07) is 9.11. The summed E-state index contributed by atoms with van der Waals surface area (Å²) in [6.45, 7) is 0. The first-order valence-electron chi connectivity index (χ1n) is 5.47. The zero-order valence-electron chi connectivity index (χ0n) is 9.98. The highest BCUT2D eigenvalue weighted by Gasteiger charge is 2.14. The molecule has 0 N–H and O–H groups in total. The molecule has 0 aliphatic heterocycles. The van der Waals surface area contributed by atoms with Crippen LogP contribution in [0.15, 0.2) is 36.4 Å². The Labute approximate surface area is 130 Å². The van der Waals surface area contributed by atoms with Gasteiger partial charge in [-0.25, -0.2) is 0 Å². The Bertz CT molecular complexity index is 641. The Morgan fingerprint density at radius 1 is 1.05 bits per heavy atom.